The Morgan fingerprint density at radius 1 is 0.176 bits per heavy atom. The van der Waals surface area contributed by atoms with Gasteiger partial charge < -0.3 is 28.4 Å². The van der Waals surface area contributed by atoms with Gasteiger partial charge in [-0.15, -0.1) is 0 Å². The summed E-state index contributed by atoms with van der Waals surface area (Å²) in [5.41, 5.74) is 0. The van der Waals surface area contributed by atoms with Crippen LogP contribution in [0.15, 0.2) is 24.3 Å². The van der Waals surface area contributed by atoms with E-state index in [1.807, 2.05) is 0 Å². The Kier molecular flexibility index (Phi) is 85.8. The lowest BCUT2D eigenvalue weighted by Gasteiger charge is -2.18. The van der Waals surface area contributed by atoms with E-state index in [0.29, 0.717) is 38.5 Å². The molecule has 0 spiro atoms. The maximum absolute atomic E-state index is 13.1. The van der Waals surface area contributed by atoms with Crippen molar-refractivity contribution in [3.8, 4) is 0 Å². The SMILES string of the molecule is CCCCCCCC/C=C\CCCCCCCC(=O)OCC(COC(=O)CCCCCCCCCCCCCCCCC)OC(=O)CCCCCCCC=CCCCCCCCC(=O)OC(COC(=O)CCCCCCCCCCCCCCCCC)COC(=O)CCCCCCCCCCCCCCCCC. The third-order valence-electron chi connectivity index (χ3n) is 21.6. The number of unbranched alkanes of at least 4 members (excludes halogenated alkanes) is 63. The fraction of sp³-hybridized carbons (Fsp3) is 0.896. The molecule has 0 fully saturated rings. The molecule has 12 nitrogen and oxygen atoms in total. The van der Waals surface area contributed by atoms with Crippen molar-refractivity contribution < 1.29 is 57.2 Å². The van der Waals surface area contributed by atoms with E-state index >= 15 is 0 Å². The van der Waals surface area contributed by atoms with Crippen LogP contribution >= 0.6 is 0 Å². The molecule has 108 heavy (non-hydrogen) atoms. The summed E-state index contributed by atoms with van der Waals surface area (Å²) < 4.78 is 34.1. The number of allylic oxidation sites excluding steroid dienone is 4. The smallest absolute Gasteiger partial charge is 0.306 e. The van der Waals surface area contributed by atoms with Gasteiger partial charge in [0.2, 0.25) is 0 Å². The van der Waals surface area contributed by atoms with E-state index in [9.17, 15) is 28.8 Å². The molecular formula is C96H178O12. The summed E-state index contributed by atoms with van der Waals surface area (Å²) in [4.78, 5) is 77.4. The molecule has 1 unspecified atom stereocenters. The number of carbonyl (C=O) groups is 6. The number of carbonyl (C=O) groups excluding carboxylic acids is 6. The van der Waals surface area contributed by atoms with E-state index in [4.69, 9.17) is 28.4 Å². The minimum atomic E-state index is -0.823. The number of rotatable bonds is 89. The molecule has 0 amide bonds. The summed E-state index contributed by atoms with van der Waals surface area (Å²) >= 11 is 0. The molecule has 0 aliphatic rings. The average Bonchev–Trinajstić information content (AvgIpc) is 0.954. The highest BCUT2D eigenvalue weighted by Crippen LogP contribution is 2.21. The Hall–Kier alpha value is -3.70. The Morgan fingerprint density at radius 3 is 0.463 bits per heavy atom. The zero-order valence-electron chi connectivity index (χ0n) is 71.9. The van der Waals surface area contributed by atoms with Gasteiger partial charge in [0.1, 0.15) is 26.4 Å². The van der Waals surface area contributed by atoms with Crippen molar-refractivity contribution in [1.29, 1.82) is 0 Å². The van der Waals surface area contributed by atoms with E-state index in [1.54, 1.807) is 0 Å². The molecule has 0 bridgehead atoms. The predicted molar refractivity (Wildman–Crippen MR) is 455 cm³/mol. The van der Waals surface area contributed by atoms with Crippen molar-refractivity contribution in [1.82, 2.24) is 0 Å². The Bertz CT molecular complexity index is 1930. The van der Waals surface area contributed by atoms with Crippen molar-refractivity contribution in [3.05, 3.63) is 24.3 Å². The second kappa shape index (κ2) is 88.9. The second-order valence-corrected chi connectivity index (χ2v) is 32.5. The number of hydrogen-bond donors (Lipinski definition) is 0. The molecule has 1 atom stereocenters. The summed E-state index contributed by atoms with van der Waals surface area (Å²) in [7, 11) is 0. The first kappa shape index (κ1) is 104. The fourth-order valence-electron chi connectivity index (χ4n) is 14.4. The van der Waals surface area contributed by atoms with Gasteiger partial charge in [-0.25, -0.2) is 0 Å². The second-order valence-electron chi connectivity index (χ2n) is 32.5. The Morgan fingerprint density at radius 2 is 0.306 bits per heavy atom. The van der Waals surface area contributed by atoms with Crippen LogP contribution in [0.2, 0.25) is 0 Å². The summed E-state index contributed by atoms with van der Waals surface area (Å²) in [5.74, 6) is -1.90. The van der Waals surface area contributed by atoms with E-state index < -0.39 is 12.2 Å². The zero-order valence-corrected chi connectivity index (χ0v) is 71.9. The molecule has 634 valence electrons. The van der Waals surface area contributed by atoms with Gasteiger partial charge in [-0.1, -0.05) is 412 Å². The van der Waals surface area contributed by atoms with E-state index in [1.165, 1.54) is 283 Å². The van der Waals surface area contributed by atoms with Crippen molar-refractivity contribution >= 4 is 35.8 Å². The molecular weight excluding hydrogens is 1350 g/mol. The molecule has 0 aromatic heterocycles. The van der Waals surface area contributed by atoms with E-state index in [2.05, 4.69) is 52.0 Å². The average molecular weight is 1520 g/mol. The van der Waals surface area contributed by atoms with Crippen LogP contribution < -0.4 is 0 Å². The fourth-order valence-corrected chi connectivity index (χ4v) is 14.4. The molecule has 0 saturated heterocycles. The van der Waals surface area contributed by atoms with Crippen molar-refractivity contribution in [2.24, 2.45) is 0 Å². The van der Waals surface area contributed by atoms with Crippen molar-refractivity contribution in [2.75, 3.05) is 26.4 Å². The van der Waals surface area contributed by atoms with Gasteiger partial charge in [0.05, 0.1) is 0 Å². The van der Waals surface area contributed by atoms with Gasteiger partial charge in [-0.3, -0.25) is 28.8 Å². The van der Waals surface area contributed by atoms with Crippen LogP contribution in [0, 0.1) is 0 Å². The highest BCUT2D eigenvalue weighted by Gasteiger charge is 2.22. The van der Waals surface area contributed by atoms with Gasteiger partial charge in [-0.2, -0.15) is 0 Å². The lowest BCUT2D eigenvalue weighted by Crippen LogP contribution is -2.30. The monoisotopic (exact) mass is 1520 g/mol. The Labute approximate surface area is 668 Å². The molecule has 0 aromatic carbocycles. The first-order valence-corrected chi connectivity index (χ1v) is 47.5. The predicted octanol–water partition coefficient (Wildman–Crippen LogP) is 29.8. The third-order valence-corrected chi connectivity index (χ3v) is 21.6. The van der Waals surface area contributed by atoms with Gasteiger partial charge in [0, 0.05) is 38.5 Å². The highest BCUT2D eigenvalue weighted by molar-refractivity contribution is 5.72. The lowest BCUT2D eigenvalue weighted by molar-refractivity contribution is -0.167. The van der Waals surface area contributed by atoms with Gasteiger partial charge >= 0.3 is 35.8 Å². The molecule has 0 heterocycles. The molecule has 0 aromatic rings. The van der Waals surface area contributed by atoms with Crippen LogP contribution in [0.4, 0.5) is 0 Å². The van der Waals surface area contributed by atoms with Crippen LogP contribution in [0.3, 0.4) is 0 Å². The van der Waals surface area contributed by atoms with E-state index in [-0.39, 0.29) is 75.1 Å². The third kappa shape index (κ3) is 84.7. The Balaban J connectivity index is 4.72. The largest absolute Gasteiger partial charge is 0.462 e. The summed E-state index contributed by atoms with van der Waals surface area (Å²) in [6, 6.07) is 0. The maximum Gasteiger partial charge on any atom is 0.306 e. The molecule has 12 heteroatoms. The molecule has 0 aliphatic carbocycles. The normalized spacial score (nSPS) is 11.9. The molecule has 0 rings (SSSR count). The van der Waals surface area contributed by atoms with Crippen molar-refractivity contribution in [2.45, 2.75) is 528 Å². The summed E-state index contributed by atoms with van der Waals surface area (Å²) in [6.07, 6.45) is 93.5. The first-order valence-electron chi connectivity index (χ1n) is 47.5. The minimum Gasteiger partial charge on any atom is -0.462 e. The summed E-state index contributed by atoms with van der Waals surface area (Å²) in [6.45, 7) is 8.64. The number of esters is 6. The van der Waals surface area contributed by atoms with Crippen LogP contribution in [0.1, 0.15) is 516 Å². The first-order chi connectivity index (χ1) is 53.1. The minimum absolute atomic E-state index is 0.105. The quantitative estimate of drug-likeness (QED) is 0.0246. The van der Waals surface area contributed by atoms with Crippen molar-refractivity contribution in [3.63, 3.8) is 0 Å². The maximum atomic E-state index is 13.1. The van der Waals surface area contributed by atoms with Crippen LogP contribution in [0.5, 0.6) is 0 Å². The van der Waals surface area contributed by atoms with Gasteiger partial charge in [0.25, 0.3) is 0 Å². The van der Waals surface area contributed by atoms with Crippen LogP contribution in [0.25, 0.3) is 0 Å². The highest BCUT2D eigenvalue weighted by atomic mass is 16.6. The van der Waals surface area contributed by atoms with E-state index in [0.717, 1.165) is 154 Å². The molecule has 0 N–H and O–H groups in total. The standard InChI is InChI=1S/C96H178O12/c1-5-9-13-17-21-25-29-33-37-43-49-55-61-67-73-79-91(97)103-85-89(86-104-92(98)80-74-68-62-56-50-44-38-34-30-26-22-18-14-10-6-2)107-95(101)83-77-71-65-59-53-47-41-42-48-54-60-66-72-78-84-96(102)108-90(87-105-93(99)81-75-69-63-57-51-45-39-35-31-27-23-19-15-11-7-3)88-106-94(100)82-76-70-64-58-52-46-40-36-32-28-24-20-16-12-8-4/h33,37,41-42,89-90H,5-32,34-36,38-40,43-88H2,1-4H3/b37-33-,42-41?. The van der Waals surface area contributed by atoms with Gasteiger partial charge in [0.15, 0.2) is 12.2 Å². The van der Waals surface area contributed by atoms with Crippen LogP contribution in [-0.2, 0) is 57.2 Å². The molecule has 0 aliphatic heterocycles. The zero-order chi connectivity index (χ0) is 78.3. The van der Waals surface area contributed by atoms with Crippen LogP contribution in [-0.4, -0.2) is 74.5 Å². The number of ether oxygens (including phenoxy) is 6. The lowest BCUT2D eigenvalue weighted by atomic mass is 10.0. The molecule has 0 saturated carbocycles. The van der Waals surface area contributed by atoms with Gasteiger partial charge in [-0.05, 0) is 89.9 Å². The summed E-state index contributed by atoms with van der Waals surface area (Å²) in [5, 5.41) is 0. The molecule has 0 radical (unpaired) electrons. The number of hydrogen-bond acceptors (Lipinski definition) is 12. The topological polar surface area (TPSA) is 158 Å².